The first kappa shape index (κ1) is 12.3. The van der Waals surface area contributed by atoms with Crippen molar-refractivity contribution in [3.63, 3.8) is 0 Å². The quantitative estimate of drug-likeness (QED) is 0.794. The van der Waals surface area contributed by atoms with E-state index in [0.29, 0.717) is 0 Å². The van der Waals surface area contributed by atoms with E-state index in [4.69, 9.17) is 0 Å². The fraction of sp³-hybridized carbons (Fsp3) is 0.286. The van der Waals surface area contributed by atoms with Gasteiger partial charge in [-0.25, -0.2) is 4.98 Å². The highest BCUT2D eigenvalue weighted by Crippen LogP contribution is 2.21. The standard InChI is InChI=1S/C14H16N4S/c1-10-12(4-3-5-16-10)13(15-2)8-11-9-18-6-7-19-14(18)17-11/h3-7,9,13,15H,8H2,1-2H3. The zero-order valence-electron chi connectivity index (χ0n) is 11.0. The molecule has 0 saturated carbocycles. The molecule has 4 nitrogen and oxygen atoms in total. The molecule has 1 unspecified atom stereocenters. The zero-order chi connectivity index (χ0) is 13.2. The molecule has 3 rings (SSSR count). The van der Waals surface area contributed by atoms with Crippen molar-refractivity contribution in [1.29, 1.82) is 0 Å². The number of aryl methyl sites for hydroxylation is 1. The summed E-state index contributed by atoms with van der Waals surface area (Å²) >= 11 is 1.66. The summed E-state index contributed by atoms with van der Waals surface area (Å²) in [6.07, 6.45) is 6.84. The molecular weight excluding hydrogens is 256 g/mol. The Balaban J connectivity index is 1.87. The van der Waals surface area contributed by atoms with Crippen molar-refractivity contribution in [2.75, 3.05) is 7.05 Å². The molecule has 0 aliphatic carbocycles. The molecule has 98 valence electrons. The number of nitrogens with one attached hydrogen (secondary N) is 1. The Morgan fingerprint density at radius 3 is 3.11 bits per heavy atom. The van der Waals surface area contributed by atoms with E-state index >= 15 is 0 Å². The highest BCUT2D eigenvalue weighted by molar-refractivity contribution is 7.15. The molecule has 3 heterocycles. The van der Waals surface area contributed by atoms with Crippen LogP contribution in [-0.4, -0.2) is 21.4 Å². The molecule has 0 bridgehead atoms. The van der Waals surface area contributed by atoms with E-state index in [1.165, 1.54) is 5.56 Å². The Kier molecular flexibility index (Phi) is 3.31. The molecule has 3 aromatic rings. The number of nitrogens with zero attached hydrogens (tertiary/aromatic N) is 3. The monoisotopic (exact) mass is 272 g/mol. The minimum Gasteiger partial charge on any atom is -0.313 e. The van der Waals surface area contributed by atoms with E-state index < -0.39 is 0 Å². The van der Waals surface area contributed by atoms with Gasteiger partial charge in [0, 0.05) is 42.1 Å². The van der Waals surface area contributed by atoms with Gasteiger partial charge in [-0.3, -0.25) is 9.38 Å². The molecule has 0 amide bonds. The van der Waals surface area contributed by atoms with Crippen LogP contribution >= 0.6 is 11.3 Å². The van der Waals surface area contributed by atoms with E-state index in [2.05, 4.69) is 31.9 Å². The molecule has 1 N–H and O–H groups in total. The van der Waals surface area contributed by atoms with Crippen LogP contribution in [-0.2, 0) is 6.42 Å². The van der Waals surface area contributed by atoms with Crippen molar-refractivity contribution in [1.82, 2.24) is 19.7 Å². The first-order chi connectivity index (χ1) is 9.28. The topological polar surface area (TPSA) is 42.2 Å². The fourth-order valence-electron chi connectivity index (χ4n) is 2.32. The normalized spacial score (nSPS) is 12.9. The molecule has 1 atom stereocenters. The summed E-state index contributed by atoms with van der Waals surface area (Å²) < 4.78 is 2.07. The van der Waals surface area contributed by atoms with Crippen LogP contribution in [0.2, 0.25) is 0 Å². The molecule has 3 aromatic heterocycles. The summed E-state index contributed by atoms with van der Waals surface area (Å²) in [6.45, 7) is 2.05. The second kappa shape index (κ2) is 5.11. The average Bonchev–Trinajstić information content (AvgIpc) is 2.97. The van der Waals surface area contributed by atoms with Crippen LogP contribution in [0.3, 0.4) is 0 Å². The molecule has 0 aliphatic rings. The van der Waals surface area contributed by atoms with Crippen LogP contribution in [0.15, 0.2) is 36.1 Å². The Hall–Kier alpha value is -1.72. The van der Waals surface area contributed by atoms with Crippen LogP contribution in [0.1, 0.15) is 23.0 Å². The van der Waals surface area contributed by atoms with E-state index in [1.54, 1.807) is 11.3 Å². The lowest BCUT2D eigenvalue weighted by atomic mass is 10.0. The van der Waals surface area contributed by atoms with Gasteiger partial charge in [-0.1, -0.05) is 6.07 Å². The number of fused-ring (bicyclic) bond motifs is 1. The molecule has 5 heteroatoms. The minimum atomic E-state index is 0.248. The second-order valence-electron chi connectivity index (χ2n) is 4.55. The third kappa shape index (κ3) is 2.39. The number of hydrogen-bond acceptors (Lipinski definition) is 4. The van der Waals surface area contributed by atoms with Gasteiger partial charge in [-0.2, -0.15) is 0 Å². The van der Waals surface area contributed by atoms with Crippen LogP contribution in [0, 0.1) is 6.92 Å². The third-order valence-corrected chi connectivity index (χ3v) is 4.10. The SMILES string of the molecule is CNC(Cc1cn2ccsc2n1)c1cccnc1C. The third-order valence-electron chi connectivity index (χ3n) is 3.33. The lowest BCUT2D eigenvalue weighted by Crippen LogP contribution is -2.20. The maximum atomic E-state index is 4.64. The van der Waals surface area contributed by atoms with E-state index in [0.717, 1.165) is 22.8 Å². The second-order valence-corrected chi connectivity index (χ2v) is 5.42. The molecule has 0 saturated heterocycles. The summed E-state index contributed by atoms with van der Waals surface area (Å²) in [7, 11) is 1.98. The lowest BCUT2D eigenvalue weighted by molar-refractivity contribution is 0.580. The van der Waals surface area contributed by atoms with Gasteiger partial charge in [0.2, 0.25) is 0 Å². The zero-order valence-corrected chi connectivity index (χ0v) is 11.8. The van der Waals surface area contributed by atoms with Crippen molar-refractivity contribution in [2.24, 2.45) is 0 Å². The smallest absolute Gasteiger partial charge is 0.193 e. The molecule has 19 heavy (non-hydrogen) atoms. The molecule has 0 aromatic carbocycles. The Morgan fingerprint density at radius 1 is 1.47 bits per heavy atom. The Bertz CT molecular complexity index is 657. The molecular formula is C14H16N4S. The van der Waals surface area contributed by atoms with Crippen molar-refractivity contribution in [3.8, 4) is 0 Å². The van der Waals surface area contributed by atoms with Crippen molar-refractivity contribution in [2.45, 2.75) is 19.4 Å². The van der Waals surface area contributed by atoms with Gasteiger partial charge in [0.25, 0.3) is 0 Å². The molecule has 0 spiro atoms. The number of thiazole rings is 1. The predicted octanol–water partition coefficient (Wildman–Crippen LogP) is 2.60. The number of hydrogen-bond donors (Lipinski definition) is 1. The van der Waals surface area contributed by atoms with E-state index in [-0.39, 0.29) is 6.04 Å². The van der Waals surface area contributed by atoms with Gasteiger partial charge < -0.3 is 5.32 Å². The molecule has 0 fully saturated rings. The van der Waals surface area contributed by atoms with Crippen LogP contribution in [0.25, 0.3) is 4.96 Å². The number of aromatic nitrogens is 3. The maximum absolute atomic E-state index is 4.64. The number of rotatable bonds is 4. The minimum absolute atomic E-state index is 0.248. The summed E-state index contributed by atoms with van der Waals surface area (Å²) in [6, 6.07) is 4.36. The van der Waals surface area contributed by atoms with Gasteiger partial charge in [0.05, 0.1) is 5.69 Å². The molecule has 0 aliphatic heterocycles. The van der Waals surface area contributed by atoms with Crippen molar-refractivity contribution < 1.29 is 0 Å². The largest absolute Gasteiger partial charge is 0.313 e. The van der Waals surface area contributed by atoms with Gasteiger partial charge in [0.1, 0.15) is 0 Å². The van der Waals surface area contributed by atoms with E-state index in [1.807, 2.05) is 37.8 Å². The number of imidazole rings is 1. The van der Waals surface area contributed by atoms with Crippen molar-refractivity contribution in [3.05, 3.63) is 53.1 Å². The van der Waals surface area contributed by atoms with Gasteiger partial charge in [0.15, 0.2) is 4.96 Å². The lowest BCUT2D eigenvalue weighted by Gasteiger charge is -2.16. The Morgan fingerprint density at radius 2 is 2.37 bits per heavy atom. The van der Waals surface area contributed by atoms with Gasteiger partial charge >= 0.3 is 0 Å². The number of likely N-dealkylation sites (N-methyl/N-ethyl adjacent to an activating group) is 1. The van der Waals surface area contributed by atoms with E-state index in [9.17, 15) is 0 Å². The molecule has 0 radical (unpaired) electrons. The fourth-order valence-corrected chi connectivity index (χ4v) is 3.04. The maximum Gasteiger partial charge on any atom is 0.193 e. The first-order valence-corrected chi connectivity index (χ1v) is 7.16. The van der Waals surface area contributed by atoms with Crippen LogP contribution in [0.5, 0.6) is 0 Å². The highest BCUT2D eigenvalue weighted by Gasteiger charge is 2.15. The predicted molar refractivity (Wildman–Crippen MR) is 77.5 cm³/mol. The van der Waals surface area contributed by atoms with Crippen molar-refractivity contribution >= 4 is 16.3 Å². The van der Waals surface area contributed by atoms with Gasteiger partial charge in [-0.05, 0) is 25.6 Å². The van der Waals surface area contributed by atoms with Crippen LogP contribution in [0.4, 0.5) is 0 Å². The van der Waals surface area contributed by atoms with Gasteiger partial charge in [-0.15, -0.1) is 11.3 Å². The number of pyridine rings is 1. The Labute approximate surface area is 116 Å². The highest BCUT2D eigenvalue weighted by atomic mass is 32.1. The first-order valence-electron chi connectivity index (χ1n) is 6.28. The summed E-state index contributed by atoms with van der Waals surface area (Å²) in [5.41, 5.74) is 3.42. The average molecular weight is 272 g/mol. The summed E-state index contributed by atoms with van der Waals surface area (Å²) in [5.74, 6) is 0. The van der Waals surface area contributed by atoms with Crippen LogP contribution < -0.4 is 5.32 Å². The summed E-state index contributed by atoms with van der Waals surface area (Å²) in [5, 5.41) is 5.41. The summed E-state index contributed by atoms with van der Waals surface area (Å²) in [4.78, 5) is 10.0.